The summed E-state index contributed by atoms with van der Waals surface area (Å²) >= 11 is 0. The number of nitrogens with zero attached hydrogens (tertiary/aromatic N) is 1. The highest BCUT2D eigenvalue weighted by Crippen LogP contribution is 2.36. The molecule has 0 spiro atoms. The van der Waals surface area contributed by atoms with Gasteiger partial charge in [-0.25, -0.2) is 9.87 Å². The molecule has 1 N–H and O–H groups in total. The first kappa shape index (κ1) is 28.2. The standard InChI is InChI=1S/C30H32BFN2O5/c1-29(2)30(3,4)39-31(38-29)24-12-9-21(10-13-24)20-37-33-28(36)16-14-26-17-22(19-34(26)5)11-15-27(35)23-7-6-8-25(32)18-23/h6-19H,20H2,1-5H3,(H,33,36)/b15-11+,16-14+. The molecule has 1 fully saturated rings. The fraction of sp³-hybridized carbons (Fsp3) is 0.267. The van der Waals surface area contributed by atoms with Crippen molar-refractivity contribution in [3.05, 3.63) is 101 Å². The molecule has 2 aromatic carbocycles. The van der Waals surface area contributed by atoms with E-state index < -0.39 is 30.0 Å². The van der Waals surface area contributed by atoms with Gasteiger partial charge in [0.15, 0.2) is 5.78 Å². The molecule has 0 aliphatic carbocycles. The summed E-state index contributed by atoms with van der Waals surface area (Å²) in [4.78, 5) is 29.8. The van der Waals surface area contributed by atoms with Gasteiger partial charge in [0.05, 0.1) is 17.8 Å². The molecule has 0 saturated carbocycles. The van der Waals surface area contributed by atoms with Gasteiger partial charge in [0, 0.05) is 30.6 Å². The van der Waals surface area contributed by atoms with Crippen molar-refractivity contribution in [2.75, 3.05) is 0 Å². The Kier molecular flexibility index (Phi) is 8.35. The number of carbonyl (C=O) groups is 2. The number of carbonyl (C=O) groups excluding carboxylic acids is 2. The number of hydrogen-bond acceptors (Lipinski definition) is 5. The number of nitrogens with one attached hydrogen (secondary N) is 1. The van der Waals surface area contributed by atoms with Gasteiger partial charge in [-0.3, -0.25) is 14.4 Å². The summed E-state index contributed by atoms with van der Waals surface area (Å²) in [5.74, 6) is -1.17. The summed E-state index contributed by atoms with van der Waals surface area (Å²) in [5, 5.41) is 0. The fourth-order valence-corrected chi connectivity index (χ4v) is 3.91. The Morgan fingerprint density at radius 2 is 1.69 bits per heavy atom. The molecule has 4 rings (SSSR count). The summed E-state index contributed by atoms with van der Waals surface area (Å²) in [5.41, 5.74) is 5.19. The summed E-state index contributed by atoms with van der Waals surface area (Å²) in [6.07, 6.45) is 7.86. The molecule has 1 saturated heterocycles. The van der Waals surface area contributed by atoms with Crippen LogP contribution < -0.4 is 10.9 Å². The lowest BCUT2D eigenvalue weighted by Gasteiger charge is -2.32. The van der Waals surface area contributed by atoms with Crippen molar-refractivity contribution in [2.45, 2.75) is 45.5 Å². The smallest absolute Gasteiger partial charge is 0.399 e. The van der Waals surface area contributed by atoms with Crippen LogP contribution in [-0.4, -0.2) is 34.6 Å². The molecule has 1 aliphatic heterocycles. The van der Waals surface area contributed by atoms with Crippen LogP contribution in [0.25, 0.3) is 12.2 Å². The second-order valence-corrected chi connectivity index (χ2v) is 10.4. The van der Waals surface area contributed by atoms with Crippen LogP contribution in [0.3, 0.4) is 0 Å². The molecule has 0 atom stereocenters. The number of aromatic nitrogens is 1. The molecule has 39 heavy (non-hydrogen) atoms. The SMILES string of the molecule is Cn1cc(/C=C/C(=O)c2cccc(F)c2)cc1/C=C/C(=O)NOCc1ccc(B2OC(C)(C)C(C)(C)O2)cc1. The number of hydrogen-bond donors (Lipinski definition) is 1. The van der Waals surface area contributed by atoms with Crippen molar-refractivity contribution < 1.29 is 28.1 Å². The zero-order chi connectivity index (χ0) is 28.2. The normalized spacial score (nSPS) is 16.3. The van der Waals surface area contributed by atoms with E-state index in [4.69, 9.17) is 14.1 Å². The Labute approximate surface area is 228 Å². The second-order valence-electron chi connectivity index (χ2n) is 10.4. The topological polar surface area (TPSA) is 78.8 Å². The monoisotopic (exact) mass is 530 g/mol. The minimum atomic E-state index is -0.459. The molecule has 2 heterocycles. The van der Waals surface area contributed by atoms with E-state index in [0.29, 0.717) is 0 Å². The van der Waals surface area contributed by atoms with Crippen molar-refractivity contribution in [3.8, 4) is 0 Å². The van der Waals surface area contributed by atoms with Crippen LogP contribution in [0.4, 0.5) is 4.39 Å². The van der Waals surface area contributed by atoms with Crippen LogP contribution in [0.2, 0.25) is 0 Å². The Balaban J connectivity index is 1.25. The zero-order valence-corrected chi connectivity index (χ0v) is 22.7. The lowest BCUT2D eigenvalue weighted by molar-refractivity contribution is -0.129. The first-order valence-corrected chi connectivity index (χ1v) is 12.6. The zero-order valence-electron chi connectivity index (χ0n) is 22.7. The van der Waals surface area contributed by atoms with E-state index in [1.54, 1.807) is 18.2 Å². The summed E-state index contributed by atoms with van der Waals surface area (Å²) in [6, 6.07) is 15.0. The van der Waals surface area contributed by atoms with Crippen LogP contribution in [0, 0.1) is 5.82 Å². The number of allylic oxidation sites excluding steroid dienone is 1. The van der Waals surface area contributed by atoms with Crippen molar-refractivity contribution >= 4 is 36.4 Å². The van der Waals surface area contributed by atoms with E-state index in [-0.39, 0.29) is 18.0 Å². The minimum Gasteiger partial charge on any atom is -0.399 e. The van der Waals surface area contributed by atoms with Gasteiger partial charge < -0.3 is 13.9 Å². The first-order chi connectivity index (χ1) is 18.4. The van der Waals surface area contributed by atoms with E-state index >= 15 is 0 Å². The number of rotatable bonds is 9. The summed E-state index contributed by atoms with van der Waals surface area (Å²) in [7, 11) is 1.39. The molecule has 202 valence electrons. The summed E-state index contributed by atoms with van der Waals surface area (Å²) < 4.78 is 27.3. The predicted octanol–water partition coefficient (Wildman–Crippen LogP) is 4.62. The van der Waals surface area contributed by atoms with Crippen LogP contribution in [0.1, 0.15) is 54.9 Å². The van der Waals surface area contributed by atoms with Crippen LogP contribution in [0.5, 0.6) is 0 Å². The van der Waals surface area contributed by atoms with Gasteiger partial charge in [0.1, 0.15) is 5.82 Å². The van der Waals surface area contributed by atoms with E-state index in [9.17, 15) is 14.0 Å². The number of hydroxylamine groups is 1. The van der Waals surface area contributed by atoms with Gasteiger partial charge in [-0.1, -0.05) is 36.4 Å². The first-order valence-electron chi connectivity index (χ1n) is 12.6. The lowest BCUT2D eigenvalue weighted by atomic mass is 9.79. The van der Waals surface area contributed by atoms with Crippen LogP contribution in [0.15, 0.2) is 72.9 Å². The van der Waals surface area contributed by atoms with Crippen molar-refractivity contribution in [1.82, 2.24) is 10.0 Å². The van der Waals surface area contributed by atoms with Crippen LogP contribution in [-0.2, 0) is 32.6 Å². The minimum absolute atomic E-state index is 0.196. The third kappa shape index (κ3) is 7.00. The van der Waals surface area contributed by atoms with E-state index in [1.165, 1.54) is 30.4 Å². The highest BCUT2D eigenvalue weighted by molar-refractivity contribution is 6.62. The van der Waals surface area contributed by atoms with E-state index in [2.05, 4.69) is 5.48 Å². The average Bonchev–Trinajstić information content (AvgIpc) is 3.35. The molecule has 3 aromatic rings. The Bertz CT molecular complexity index is 1390. The largest absolute Gasteiger partial charge is 0.494 e. The van der Waals surface area contributed by atoms with Gasteiger partial charge in [0.25, 0.3) is 5.91 Å². The third-order valence-electron chi connectivity index (χ3n) is 6.92. The van der Waals surface area contributed by atoms with Gasteiger partial charge in [-0.05, 0) is 80.7 Å². The van der Waals surface area contributed by atoms with E-state index in [0.717, 1.165) is 22.3 Å². The number of halogens is 1. The maximum atomic E-state index is 13.3. The molecule has 0 unspecified atom stereocenters. The molecular weight excluding hydrogens is 498 g/mol. The van der Waals surface area contributed by atoms with Crippen LogP contribution >= 0.6 is 0 Å². The molecule has 7 nitrogen and oxygen atoms in total. The number of benzene rings is 2. The molecule has 1 aromatic heterocycles. The van der Waals surface area contributed by atoms with Crippen molar-refractivity contribution in [3.63, 3.8) is 0 Å². The highest BCUT2D eigenvalue weighted by atomic mass is 19.1. The Morgan fingerprint density at radius 1 is 1.00 bits per heavy atom. The Hall–Kier alpha value is -3.79. The average molecular weight is 530 g/mol. The van der Waals surface area contributed by atoms with E-state index in [1.807, 2.05) is 75.8 Å². The highest BCUT2D eigenvalue weighted by Gasteiger charge is 2.51. The van der Waals surface area contributed by atoms with Gasteiger partial charge in [0.2, 0.25) is 0 Å². The van der Waals surface area contributed by atoms with Crippen molar-refractivity contribution in [2.24, 2.45) is 7.05 Å². The van der Waals surface area contributed by atoms with Crippen molar-refractivity contribution in [1.29, 1.82) is 0 Å². The molecule has 9 heteroatoms. The maximum Gasteiger partial charge on any atom is 0.494 e. The number of aryl methyl sites for hydroxylation is 1. The summed E-state index contributed by atoms with van der Waals surface area (Å²) in [6.45, 7) is 8.25. The van der Waals surface area contributed by atoms with Gasteiger partial charge in [-0.2, -0.15) is 0 Å². The lowest BCUT2D eigenvalue weighted by Crippen LogP contribution is -2.41. The molecule has 1 aliphatic rings. The quantitative estimate of drug-likeness (QED) is 0.189. The third-order valence-corrected chi connectivity index (χ3v) is 6.92. The van der Waals surface area contributed by atoms with Gasteiger partial charge >= 0.3 is 7.12 Å². The maximum absolute atomic E-state index is 13.3. The second kappa shape index (κ2) is 11.5. The molecule has 0 radical (unpaired) electrons. The fourth-order valence-electron chi connectivity index (χ4n) is 3.91. The number of amides is 1. The molecule has 1 amide bonds. The molecular formula is C30H32BFN2O5. The predicted molar refractivity (Wildman–Crippen MR) is 149 cm³/mol. The molecule has 0 bridgehead atoms. The number of ketones is 1. The van der Waals surface area contributed by atoms with Gasteiger partial charge in [-0.15, -0.1) is 0 Å². The Morgan fingerprint density at radius 3 is 2.36 bits per heavy atom.